The van der Waals surface area contributed by atoms with Gasteiger partial charge in [-0.3, -0.25) is 0 Å². The SMILES string of the molecule is C=CCO[Si](C)(CCCO[Si](C)(CCCO[Si](OCCC[Si](C)(OCCC[Si](C)(OCC=C)OCC=C)OCCC[Si](C)(OCC=C)OCC=C)(OCCC[Si](C)(OCCC[Si](C)(OCC=C)OCC=C)OCCC[Si](C)(OCC=C)OCC=C)OCCC[Si](C)(OCCC[Si](C)(OCC=C)OCC=C)OCCC[Si](C)(OCC=C)OCC=C)OCCC[Si](C)(OCC=C)OCC=C)OCC=C. The molecule has 0 amide bonds. The third kappa shape index (κ3) is 67.1. The maximum absolute atomic E-state index is 7.37. The van der Waals surface area contributed by atoms with Crippen molar-refractivity contribution >= 4 is 112 Å². The van der Waals surface area contributed by atoms with Crippen LogP contribution in [0.25, 0.3) is 0 Å². The first kappa shape index (κ1) is 135. The van der Waals surface area contributed by atoms with Crippen LogP contribution in [0.1, 0.15) is 77.0 Å². The van der Waals surface area contributed by atoms with E-state index < -0.39 is 112 Å². The minimum atomic E-state index is -4.34. The van der Waals surface area contributed by atoms with Gasteiger partial charge in [0.25, 0.3) is 0 Å². The van der Waals surface area contributed by atoms with E-state index in [-0.39, 0.29) is 26.4 Å². The zero-order valence-corrected chi connectivity index (χ0v) is 100. The molecule has 0 aliphatic rings. The van der Waals surface area contributed by atoms with E-state index in [4.69, 9.17) is 124 Å². The lowest BCUT2D eigenvalue weighted by Gasteiger charge is -2.33. The van der Waals surface area contributed by atoms with Crippen LogP contribution in [0, 0.1) is 0 Å². The zero-order valence-electron chi connectivity index (χ0n) is 87.3. The molecule has 0 N–H and O–H groups in total. The van der Waals surface area contributed by atoms with Crippen LogP contribution in [0.3, 0.4) is 0 Å². The van der Waals surface area contributed by atoms with Gasteiger partial charge in [0.15, 0.2) is 0 Å². The summed E-state index contributed by atoms with van der Waals surface area (Å²) in [7, 11) is -38.1. The van der Waals surface area contributed by atoms with E-state index in [1.54, 1.807) is 97.2 Å². The van der Waals surface area contributed by atoms with Gasteiger partial charge in [-0.1, -0.05) is 97.2 Å². The molecule has 0 atom stereocenters. The fourth-order valence-corrected chi connectivity index (χ4v) is 42.2. The standard InChI is InChI=1S/C96H188O28Si13/c1-29-57-97-125(17,98-58-30-2)85-45-73-113-133(25,114-74-46-86-126(18,99-59-31-3)100-60-32-4)93-53-81-121-137(122-82-54-94-134(26,115-75-47-87-127(19,101-61-33-5)102-62-34-6)116-76-48-88-128(20,103-63-35-7)104-64-36-8,123-83-55-95-135(27,117-77-49-89-129(21,105-65-37-9)106-66-38-10)118-78-50-90-130(22,107-67-39-11)108-68-40-12)124-84-56-96-136(28,119-79-51-91-131(23,109-69-41-13)110-70-42-14)120-80-52-92-132(24,111-71-43-15)112-72-44-16/h29-44H,1-16,45-96H2,17-28H3. The monoisotopic (exact) mass is 2150 g/mol. The first-order valence-electron chi connectivity index (χ1n) is 49.1. The summed E-state index contributed by atoms with van der Waals surface area (Å²) in [4.78, 5) is 0. The van der Waals surface area contributed by atoms with Crippen molar-refractivity contribution in [3.8, 4) is 0 Å². The van der Waals surface area contributed by atoms with Crippen LogP contribution in [0.4, 0.5) is 0 Å². The minimum Gasteiger partial charge on any atom is -0.394 e. The molecule has 0 heterocycles. The molecular weight excluding hydrogens is 1970 g/mol. The van der Waals surface area contributed by atoms with Crippen molar-refractivity contribution in [1.82, 2.24) is 0 Å². The largest absolute Gasteiger partial charge is 0.679 e. The molecule has 0 unspecified atom stereocenters. The molecule has 137 heavy (non-hydrogen) atoms. The summed E-state index contributed by atoms with van der Waals surface area (Å²) >= 11 is 0. The Morgan fingerprint density at radius 2 is 0.190 bits per heavy atom. The molecule has 0 saturated carbocycles. The fourth-order valence-electron chi connectivity index (χ4n) is 14.1. The van der Waals surface area contributed by atoms with Crippen LogP contribution in [0.5, 0.6) is 0 Å². The van der Waals surface area contributed by atoms with Crippen molar-refractivity contribution in [2.24, 2.45) is 0 Å². The van der Waals surface area contributed by atoms with Crippen LogP contribution >= 0.6 is 0 Å². The average Bonchev–Trinajstić information content (AvgIpc) is 0.850. The summed E-state index contributed by atoms with van der Waals surface area (Å²) in [6.45, 7) is 97.2. The smallest absolute Gasteiger partial charge is 0.394 e. The lowest BCUT2D eigenvalue weighted by molar-refractivity contribution is -0.0359. The molecule has 41 heteroatoms. The molecule has 0 spiro atoms. The van der Waals surface area contributed by atoms with Gasteiger partial charge < -0.3 is 124 Å². The van der Waals surface area contributed by atoms with Crippen molar-refractivity contribution in [2.75, 3.05) is 185 Å². The first-order valence-corrected chi connectivity index (χ1v) is 81.0. The van der Waals surface area contributed by atoms with Gasteiger partial charge >= 0.3 is 112 Å². The number of hydrogen-bond donors (Lipinski definition) is 0. The van der Waals surface area contributed by atoms with E-state index in [9.17, 15) is 0 Å². The highest BCUT2D eigenvalue weighted by Gasteiger charge is 2.49. The van der Waals surface area contributed by atoms with Crippen molar-refractivity contribution < 1.29 is 124 Å². The molecule has 28 nitrogen and oxygen atoms in total. The maximum atomic E-state index is 7.37. The summed E-state index contributed by atoms with van der Waals surface area (Å²) in [6.07, 6.45) is 35.1. The van der Waals surface area contributed by atoms with Gasteiger partial charge in [-0.05, 0) is 228 Å². The van der Waals surface area contributed by atoms with Crippen LogP contribution in [-0.2, 0) is 124 Å². The Hall–Kier alpha value is -2.46. The molecule has 0 bridgehead atoms. The van der Waals surface area contributed by atoms with Gasteiger partial charge in [-0.25, -0.2) is 0 Å². The van der Waals surface area contributed by atoms with E-state index in [2.05, 4.69) is 184 Å². The Morgan fingerprint density at radius 3 is 0.270 bits per heavy atom. The molecule has 0 aromatic carbocycles. The van der Waals surface area contributed by atoms with E-state index >= 15 is 0 Å². The number of rotatable bonds is 108. The van der Waals surface area contributed by atoms with Crippen LogP contribution in [0.15, 0.2) is 202 Å². The van der Waals surface area contributed by atoms with Crippen molar-refractivity contribution in [3.05, 3.63) is 202 Å². The highest BCUT2D eigenvalue weighted by atomic mass is 28.4. The Labute approximate surface area is 845 Å². The van der Waals surface area contributed by atoms with Crippen molar-refractivity contribution in [1.29, 1.82) is 0 Å². The predicted octanol–water partition coefficient (Wildman–Crippen LogP) is 22.4. The molecule has 0 rings (SSSR count). The first-order chi connectivity index (χ1) is 65.5. The lowest BCUT2D eigenvalue weighted by Crippen LogP contribution is -2.51. The lowest BCUT2D eigenvalue weighted by atomic mass is 10.5. The van der Waals surface area contributed by atoms with E-state index in [0.717, 1.165) is 0 Å². The highest BCUT2D eigenvalue weighted by molar-refractivity contribution is 6.70. The third-order valence-electron chi connectivity index (χ3n) is 21.8. The van der Waals surface area contributed by atoms with E-state index in [1.807, 2.05) is 0 Å². The summed E-state index contributed by atoms with van der Waals surface area (Å²) in [5.74, 6) is 0. The van der Waals surface area contributed by atoms with Gasteiger partial charge in [0.05, 0.1) is 106 Å². The van der Waals surface area contributed by atoms with Gasteiger partial charge in [-0.2, -0.15) is 0 Å². The summed E-state index contributed by atoms with van der Waals surface area (Å²) < 4.78 is 187. The Bertz CT molecular complexity index is 2590. The van der Waals surface area contributed by atoms with E-state index in [1.165, 1.54) is 0 Å². The summed E-state index contributed by atoms with van der Waals surface area (Å²) in [6, 6.07) is 7.42. The average molecular weight is 2160 g/mol. The van der Waals surface area contributed by atoms with Crippen LogP contribution in [-0.4, -0.2) is 297 Å². The molecule has 0 aliphatic heterocycles. The molecule has 792 valence electrons. The topological polar surface area (TPSA) is 258 Å². The van der Waals surface area contributed by atoms with Crippen molar-refractivity contribution in [3.63, 3.8) is 0 Å². The van der Waals surface area contributed by atoms with E-state index in [0.29, 0.717) is 308 Å². The summed E-state index contributed by atoms with van der Waals surface area (Å²) in [5, 5.41) is 0. The normalized spacial score (nSPS) is 13.0. The third-order valence-corrected chi connectivity index (χ3v) is 58.1. The highest BCUT2D eigenvalue weighted by Crippen LogP contribution is 2.32. The second kappa shape index (κ2) is 79.7. The molecule has 0 aromatic heterocycles. The van der Waals surface area contributed by atoms with Crippen LogP contribution in [0.2, 0.25) is 151 Å². The fraction of sp³-hybridized carbons (Fsp3) is 0.667. The predicted molar refractivity (Wildman–Crippen MR) is 588 cm³/mol. The van der Waals surface area contributed by atoms with Crippen LogP contribution < -0.4 is 0 Å². The van der Waals surface area contributed by atoms with Gasteiger partial charge in [-0.15, -0.1) is 105 Å². The minimum absolute atomic E-state index is 0.142. The molecule has 0 radical (unpaired) electrons. The second-order valence-electron chi connectivity index (χ2n) is 35.1. The van der Waals surface area contributed by atoms with Gasteiger partial charge in [0, 0.05) is 79.3 Å². The van der Waals surface area contributed by atoms with Crippen molar-refractivity contribution in [2.45, 2.75) is 228 Å². The number of hydrogen-bond acceptors (Lipinski definition) is 28. The molecule has 0 aromatic rings. The molecule has 0 fully saturated rings. The summed E-state index contributed by atoms with van der Waals surface area (Å²) in [5.41, 5.74) is 0. The molecule has 0 saturated heterocycles. The zero-order chi connectivity index (χ0) is 102. The Morgan fingerprint density at radius 1 is 0.117 bits per heavy atom. The molecular formula is C96H188O28Si13. The Kier molecular flexibility index (Phi) is 78.3. The second-order valence-corrected chi connectivity index (χ2v) is 77.4. The Balaban J connectivity index is 9.05. The maximum Gasteiger partial charge on any atom is 0.679 e. The van der Waals surface area contributed by atoms with Gasteiger partial charge in [0.2, 0.25) is 0 Å². The molecule has 0 aliphatic carbocycles. The van der Waals surface area contributed by atoms with Gasteiger partial charge in [0.1, 0.15) is 0 Å². The quantitative estimate of drug-likeness (QED) is 0.0311.